The van der Waals surface area contributed by atoms with Gasteiger partial charge < -0.3 is 15.5 Å². The maximum atomic E-state index is 12.9. The Labute approximate surface area is 144 Å². The van der Waals surface area contributed by atoms with Gasteiger partial charge in [0.05, 0.1) is 24.3 Å². The summed E-state index contributed by atoms with van der Waals surface area (Å²) in [6, 6.07) is 4.88. The van der Waals surface area contributed by atoms with E-state index in [2.05, 4.69) is 10.6 Å². The summed E-state index contributed by atoms with van der Waals surface area (Å²) in [5, 5.41) is 5.12. The fourth-order valence-corrected chi connectivity index (χ4v) is 2.65. The summed E-state index contributed by atoms with van der Waals surface area (Å²) in [7, 11) is 1.69. The highest BCUT2D eigenvalue weighted by Crippen LogP contribution is 2.34. The molecule has 0 radical (unpaired) electrons. The molecule has 1 aliphatic heterocycles. The van der Waals surface area contributed by atoms with Gasteiger partial charge in [0.15, 0.2) is 0 Å². The number of carbonyl (C=O) groups is 2. The quantitative estimate of drug-likeness (QED) is 0.825. The van der Waals surface area contributed by atoms with E-state index in [-0.39, 0.29) is 24.7 Å². The fraction of sp³-hybridized carbons (Fsp3) is 0.500. The molecule has 1 aliphatic rings. The van der Waals surface area contributed by atoms with Crippen molar-refractivity contribution in [1.29, 1.82) is 0 Å². The van der Waals surface area contributed by atoms with Crippen LogP contribution < -0.4 is 10.6 Å². The summed E-state index contributed by atoms with van der Waals surface area (Å²) in [6.07, 6.45) is -4.52. The minimum atomic E-state index is -4.52. The molecule has 1 aromatic carbocycles. The van der Waals surface area contributed by atoms with Crippen LogP contribution in [0.25, 0.3) is 0 Å². The Morgan fingerprint density at radius 3 is 2.36 bits per heavy atom. The second-order valence-electron chi connectivity index (χ2n) is 5.78. The van der Waals surface area contributed by atoms with Gasteiger partial charge in [-0.3, -0.25) is 14.5 Å². The van der Waals surface area contributed by atoms with E-state index in [1.807, 2.05) is 4.90 Å². The van der Waals surface area contributed by atoms with Gasteiger partial charge in [-0.15, -0.1) is 0 Å². The standard InChI is InChI=1S/C16H21F3N4O2/c1-20-10-15(25)23-8-6-22(7-9-23)11-14(24)21-13-5-3-2-4-12(13)16(17,18)19/h2-5,20H,6-11H2,1H3,(H,21,24). The van der Waals surface area contributed by atoms with Gasteiger partial charge in [0, 0.05) is 26.2 Å². The molecule has 1 heterocycles. The van der Waals surface area contributed by atoms with Crippen LogP contribution in [-0.2, 0) is 15.8 Å². The molecule has 0 unspecified atom stereocenters. The molecule has 1 fully saturated rings. The number of piperazine rings is 1. The van der Waals surface area contributed by atoms with Crippen molar-refractivity contribution in [2.75, 3.05) is 51.6 Å². The van der Waals surface area contributed by atoms with Gasteiger partial charge in [-0.25, -0.2) is 0 Å². The van der Waals surface area contributed by atoms with Crippen molar-refractivity contribution >= 4 is 17.5 Å². The van der Waals surface area contributed by atoms with Gasteiger partial charge in [-0.1, -0.05) is 12.1 Å². The molecule has 0 atom stereocenters. The highest BCUT2D eigenvalue weighted by atomic mass is 19.4. The number of para-hydroxylation sites is 1. The Kier molecular flexibility index (Phi) is 6.38. The second-order valence-corrected chi connectivity index (χ2v) is 5.78. The number of nitrogens with zero attached hydrogens (tertiary/aromatic N) is 2. The molecule has 2 N–H and O–H groups in total. The second kappa shape index (κ2) is 8.30. The van der Waals surface area contributed by atoms with Crippen LogP contribution in [0.2, 0.25) is 0 Å². The van der Waals surface area contributed by atoms with Crippen molar-refractivity contribution in [2.24, 2.45) is 0 Å². The van der Waals surface area contributed by atoms with Crippen molar-refractivity contribution in [3.63, 3.8) is 0 Å². The van der Waals surface area contributed by atoms with Crippen molar-refractivity contribution in [3.05, 3.63) is 29.8 Å². The summed E-state index contributed by atoms with van der Waals surface area (Å²) < 4.78 is 38.8. The number of hydrogen-bond donors (Lipinski definition) is 2. The molecule has 9 heteroatoms. The number of halogens is 3. The molecular formula is C16H21F3N4O2. The Bertz CT molecular complexity index is 614. The van der Waals surface area contributed by atoms with Crippen molar-refractivity contribution < 1.29 is 22.8 Å². The lowest BCUT2D eigenvalue weighted by atomic mass is 10.1. The van der Waals surface area contributed by atoms with Gasteiger partial charge in [0.1, 0.15) is 0 Å². The number of benzene rings is 1. The van der Waals surface area contributed by atoms with Crippen LogP contribution in [0.4, 0.5) is 18.9 Å². The predicted molar refractivity (Wildman–Crippen MR) is 87.0 cm³/mol. The monoisotopic (exact) mass is 358 g/mol. The van der Waals surface area contributed by atoms with E-state index in [0.717, 1.165) is 6.07 Å². The maximum Gasteiger partial charge on any atom is 0.418 e. The first-order valence-corrected chi connectivity index (χ1v) is 7.92. The molecule has 1 aromatic rings. The number of alkyl halides is 3. The van der Waals surface area contributed by atoms with Crippen molar-refractivity contribution in [1.82, 2.24) is 15.1 Å². The molecule has 6 nitrogen and oxygen atoms in total. The first kappa shape index (κ1) is 19.2. The first-order valence-electron chi connectivity index (χ1n) is 7.92. The molecule has 0 saturated carbocycles. The van der Waals surface area contributed by atoms with Gasteiger partial charge in [-0.05, 0) is 19.2 Å². The summed E-state index contributed by atoms with van der Waals surface area (Å²) in [5.74, 6) is -0.516. The topological polar surface area (TPSA) is 64.7 Å². The number of carbonyl (C=O) groups excluding carboxylic acids is 2. The Hall–Kier alpha value is -2.13. The van der Waals surface area contributed by atoms with Gasteiger partial charge in [-0.2, -0.15) is 13.2 Å². The molecule has 2 amide bonds. The van der Waals surface area contributed by atoms with E-state index in [1.165, 1.54) is 18.2 Å². The molecule has 0 bridgehead atoms. The van der Waals surface area contributed by atoms with Crippen LogP contribution in [0.15, 0.2) is 24.3 Å². The van der Waals surface area contributed by atoms with Crippen LogP contribution in [-0.4, -0.2) is 67.9 Å². The zero-order valence-electron chi connectivity index (χ0n) is 13.9. The summed E-state index contributed by atoms with van der Waals surface area (Å²) in [5.41, 5.74) is -1.12. The molecule has 0 aliphatic carbocycles. The van der Waals surface area contributed by atoms with Gasteiger partial charge in [0.2, 0.25) is 11.8 Å². The zero-order valence-corrected chi connectivity index (χ0v) is 13.9. The average molecular weight is 358 g/mol. The van der Waals surface area contributed by atoms with Crippen LogP contribution in [0.3, 0.4) is 0 Å². The molecule has 1 saturated heterocycles. The summed E-state index contributed by atoms with van der Waals surface area (Å²) in [4.78, 5) is 27.3. The number of likely N-dealkylation sites (N-methyl/N-ethyl adjacent to an activating group) is 1. The smallest absolute Gasteiger partial charge is 0.339 e. The van der Waals surface area contributed by atoms with E-state index in [9.17, 15) is 22.8 Å². The fourth-order valence-electron chi connectivity index (χ4n) is 2.65. The molecule has 2 rings (SSSR count). The molecule has 0 spiro atoms. The van der Waals surface area contributed by atoms with Gasteiger partial charge in [0.25, 0.3) is 0 Å². The molecule has 25 heavy (non-hydrogen) atoms. The predicted octanol–water partition coefficient (Wildman–Crippen LogP) is 1.01. The third kappa shape index (κ3) is 5.43. The van der Waals surface area contributed by atoms with E-state index in [0.29, 0.717) is 26.2 Å². The lowest BCUT2D eigenvalue weighted by Crippen LogP contribution is -2.52. The van der Waals surface area contributed by atoms with E-state index in [4.69, 9.17) is 0 Å². The Morgan fingerprint density at radius 1 is 1.12 bits per heavy atom. The third-order valence-corrected chi connectivity index (χ3v) is 3.93. The maximum absolute atomic E-state index is 12.9. The minimum Gasteiger partial charge on any atom is -0.339 e. The number of amides is 2. The average Bonchev–Trinajstić information content (AvgIpc) is 2.55. The van der Waals surface area contributed by atoms with E-state index >= 15 is 0 Å². The van der Waals surface area contributed by atoms with Gasteiger partial charge >= 0.3 is 6.18 Å². The number of rotatable bonds is 5. The molecule has 138 valence electrons. The molecular weight excluding hydrogens is 337 g/mol. The van der Waals surface area contributed by atoms with Crippen LogP contribution in [0, 0.1) is 0 Å². The first-order chi connectivity index (χ1) is 11.8. The normalized spacial score (nSPS) is 15.9. The lowest BCUT2D eigenvalue weighted by molar-refractivity contribution is -0.137. The largest absolute Gasteiger partial charge is 0.418 e. The summed E-state index contributed by atoms with van der Waals surface area (Å²) in [6.45, 7) is 2.24. The number of hydrogen-bond acceptors (Lipinski definition) is 4. The lowest BCUT2D eigenvalue weighted by Gasteiger charge is -2.34. The minimum absolute atomic E-state index is 0.00861. The van der Waals surface area contributed by atoms with E-state index < -0.39 is 17.6 Å². The Balaban J connectivity index is 1.87. The number of nitrogens with one attached hydrogen (secondary N) is 2. The van der Waals surface area contributed by atoms with Crippen molar-refractivity contribution in [2.45, 2.75) is 6.18 Å². The zero-order chi connectivity index (χ0) is 18.4. The SMILES string of the molecule is CNCC(=O)N1CCN(CC(=O)Nc2ccccc2C(F)(F)F)CC1. The van der Waals surface area contributed by atoms with Crippen molar-refractivity contribution in [3.8, 4) is 0 Å². The number of anilines is 1. The highest BCUT2D eigenvalue weighted by Gasteiger charge is 2.33. The Morgan fingerprint density at radius 2 is 1.76 bits per heavy atom. The van der Waals surface area contributed by atoms with Crippen LogP contribution >= 0.6 is 0 Å². The van der Waals surface area contributed by atoms with E-state index in [1.54, 1.807) is 11.9 Å². The van der Waals surface area contributed by atoms with Crippen LogP contribution in [0.5, 0.6) is 0 Å². The highest BCUT2D eigenvalue weighted by molar-refractivity contribution is 5.93. The summed E-state index contributed by atoms with van der Waals surface area (Å²) >= 11 is 0. The third-order valence-electron chi connectivity index (χ3n) is 3.93. The molecule has 0 aromatic heterocycles. The van der Waals surface area contributed by atoms with Crippen LogP contribution in [0.1, 0.15) is 5.56 Å².